The molecule has 124 valence electrons. The Kier molecular flexibility index (Phi) is 7.30. The highest BCUT2D eigenvalue weighted by Crippen LogP contribution is 2.18. The third kappa shape index (κ3) is 5.67. The number of benzene rings is 1. The van der Waals surface area contributed by atoms with E-state index < -0.39 is 0 Å². The van der Waals surface area contributed by atoms with Gasteiger partial charge in [0, 0.05) is 33.3 Å². The minimum Gasteiger partial charge on any atom is -0.383 e. The number of likely N-dealkylation sites (tertiary alicyclic amines) is 1. The second kappa shape index (κ2) is 9.23. The van der Waals surface area contributed by atoms with Crippen LogP contribution in [0.4, 0.5) is 4.39 Å². The summed E-state index contributed by atoms with van der Waals surface area (Å²) in [5.74, 6) is 0.559. The van der Waals surface area contributed by atoms with Crippen LogP contribution in [0.2, 0.25) is 0 Å². The van der Waals surface area contributed by atoms with E-state index >= 15 is 0 Å². The van der Waals surface area contributed by atoms with Gasteiger partial charge in [-0.1, -0.05) is 19.1 Å². The molecule has 2 rings (SSSR count). The molecule has 0 N–H and O–H groups in total. The Morgan fingerprint density at radius 2 is 2.09 bits per heavy atom. The van der Waals surface area contributed by atoms with Gasteiger partial charge in [0.2, 0.25) is 0 Å². The van der Waals surface area contributed by atoms with E-state index in [0.717, 1.165) is 38.7 Å². The first kappa shape index (κ1) is 17.4. The average molecular weight is 308 g/mol. The van der Waals surface area contributed by atoms with Gasteiger partial charge in [0.1, 0.15) is 5.82 Å². The Hall–Kier alpha value is -0.970. The topological polar surface area (TPSA) is 15.7 Å². The van der Waals surface area contributed by atoms with E-state index in [1.807, 2.05) is 12.1 Å². The van der Waals surface area contributed by atoms with Gasteiger partial charge in [-0.05, 0) is 49.5 Å². The van der Waals surface area contributed by atoms with Crippen molar-refractivity contribution in [2.45, 2.75) is 26.3 Å². The van der Waals surface area contributed by atoms with Crippen molar-refractivity contribution < 1.29 is 9.13 Å². The van der Waals surface area contributed by atoms with Crippen molar-refractivity contribution in [3.63, 3.8) is 0 Å². The Balaban J connectivity index is 1.91. The zero-order chi connectivity index (χ0) is 15.8. The van der Waals surface area contributed by atoms with Crippen LogP contribution in [0.15, 0.2) is 24.3 Å². The van der Waals surface area contributed by atoms with E-state index in [-0.39, 0.29) is 5.82 Å². The molecule has 0 bridgehead atoms. The summed E-state index contributed by atoms with van der Waals surface area (Å²) in [5.41, 5.74) is 1.17. The SMILES string of the molecule is CCN1CCC[C@H](CN(CCOC)Cc2ccc(F)cc2)C1. The van der Waals surface area contributed by atoms with Crippen molar-refractivity contribution in [3.8, 4) is 0 Å². The van der Waals surface area contributed by atoms with E-state index in [0.29, 0.717) is 0 Å². The van der Waals surface area contributed by atoms with Gasteiger partial charge >= 0.3 is 0 Å². The Morgan fingerprint density at radius 1 is 1.32 bits per heavy atom. The molecule has 1 saturated heterocycles. The molecular weight excluding hydrogens is 279 g/mol. The Bertz CT molecular complexity index is 424. The number of ether oxygens (including phenoxy) is 1. The minimum atomic E-state index is -0.168. The molecule has 0 unspecified atom stereocenters. The van der Waals surface area contributed by atoms with Crippen LogP contribution in [-0.2, 0) is 11.3 Å². The van der Waals surface area contributed by atoms with Crippen LogP contribution in [0, 0.1) is 11.7 Å². The number of methoxy groups -OCH3 is 1. The lowest BCUT2D eigenvalue weighted by atomic mass is 9.97. The fourth-order valence-corrected chi connectivity index (χ4v) is 3.26. The summed E-state index contributed by atoms with van der Waals surface area (Å²) in [5, 5.41) is 0. The van der Waals surface area contributed by atoms with Crippen LogP contribution in [0.25, 0.3) is 0 Å². The highest BCUT2D eigenvalue weighted by Gasteiger charge is 2.21. The standard InChI is InChI=1S/C18H29FN2O/c1-3-20-10-4-5-17(14-20)15-21(11-12-22-2)13-16-6-8-18(19)9-7-16/h6-9,17H,3-5,10-15H2,1-2H3/t17-/m0/s1. The second-order valence-electron chi connectivity index (χ2n) is 6.26. The van der Waals surface area contributed by atoms with Crippen LogP contribution >= 0.6 is 0 Å². The first-order chi connectivity index (χ1) is 10.7. The second-order valence-corrected chi connectivity index (χ2v) is 6.26. The van der Waals surface area contributed by atoms with E-state index in [4.69, 9.17) is 4.74 Å². The monoisotopic (exact) mass is 308 g/mol. The molecule has 1 heterocycles. The van der Waals surface area contributed by atoms with E-state index in [9.17, 15) is 4.39 Å². The van der Waals surface area contributed by atoms with E-state index in [2.05, 4.69) is 16.7 Å². The van der Waals surface area contributed by atoms with Crippen LogP contribution in [0.3, 0.4) is 0 Å². The summed E-state index contributed by atoms with van der Waals surface area (Å²) in [6.45, 7) is 9.45. The molecule has 0 spiro atoms. The number of rotatable bonds is 8. The first-order valence-electron chi connectivity index (χ1n) is 8.39. The van der Waals surface area contributed by atoms with Crippen molar-refractivity contribution >= 4 is 0 Å². The molecule has 3 nitrogen and oxygen atoms in total. The highest BCUT2D eigenvalue weighted by atomic mass is 19.1. The lowest BCUT2D eigenvalue weighted by molar-refractivity contribution is 0.104. The number of halogens is 1. The predicted molar refractivity (Wildman–Crippen MR) is 88.4 cm³/mol. The molecule has 1 aliphatic heterocycles. The van der Waals surface area contributed by atoms with Crippen molar-refractivity contribution in [1.29, 1.82) is 0 Å². The molecule has 1 aromatic rings. The molecule has 1 atom stereocenters. The molecular formula is C18H29FN2O. The summed E-state index contributed by atoms with van der Waals surface area (Å²) in [6, 6.07) is 6.86. The molecule has 1 aromatic carbocycles. The number of nitrogens with zero attached hydrogens (tertiary/aromatic N) is 2. The third-order valence-electron chi connectivity index (χ3n) is 4.50. The van der Waals surface area contributed by atoms with Crippen molar-refractivity contribution in [2.75, 3.05) is 46.4 Å². The maximum atomic E-state index is 13.0. The quantitative estimate of drug-likeness (QED) is 0.734. The summed E-state index contributed by atoms with van der Waals surface area (Å²) in [7, 11) is 1.75. The lowest BCUT2D eigenvalue weighted by Crippen LogP contribution is -2.41. The zero-order valence-corrected chi connectivity index (χ0v) is 13.9. The molecule has 0 aliphatic carbocycles. The van der Waals surface area contributed by atoms with E-state index in [1.54, 1.807) is 19.2 Å². The summed E-state index contributed by atoms with van der Waals surface area (Å²) < 4.78 is 18.3. The highest BCUT2D eigenvalue weighted by molar-refractivity contribution is 5.15. The summed E-state index contributed by atoms with van der Waals surface area (Å²) >= 11 is 0. The maximum absolute atomic E-state index is 13.0. The molecule has 22 heavy (non-hydrogen) atoms. The fourth-order valence-electron chi connectivity index (χ4n) is 3.26. The Morgan fingerprint density at radius 3 is 2.77 bits per heavy atom. The lowest BCUT2D eigenvalue weighted by Gasteiger charge is -2.35. The first-order valence-corrected chi connectivity index (χ1v) is 8.39. The third-order valence-corrected chi connectivity index (χ3v) is 4.50. The number of hydrogen-bond acceptors (Lipinski definition) is 3. The molecule has 1 fully saturated rings. The predicted octanol–water partition coefficient (Wildman–Crippen LogP) is 3.01. The van der Waals surface area contributed by atoms with Crippen LogP contribution in [-0.4, -0.2) is 56.2 Å². The van der Waals surface area contributed by atoms with Crippen molar-refractivity contribution in [2.24, 2.45) is 5.92 Å². The van der Waals surface area contributed by atoms with Crippen LogP contribution in [0.1, 0.15) is 25.3 Å². The smallest absolute Gasteiger partial charge is 0.123 e. The minimum absolute atomic E-state index is 0.168. The van der Waals surface area contributed by atoms with E-state index in [1.165, 1.54) is 31.5 Å². The summed E-state index contributed by atoms with van der Waals surface area (Å²) in [4.78, 5) is 4.99. The molecule has 1 aliphatic rings. The van der Waals surface area contributed by atoms with Gasteiger partial charge in [0.15, 0.2) is 0 Å². The molecule has 0 amide bonds. The van der Waals surface area contributed by atoms with Gasteiger partial charge in [-0.3, -0.25) is 4.90 Å². The molecule has 0 radical (unpaired) electrons. The fraction of sp³-hybridized carbons (Fsp3) is 0.667. The number of piperidine rings is 1. The van der Waals surface area contributed by atoms with Gasteiger partial charge < -0.3 is 9.64 Å². The van der Waals surface area contributed by atoms with Crippen LogP contribution < -0.4 is 0 Å². The summed E-state index contributed by atoms with van der Waals surface area (Å²) in [6.07, 6.45) is 2.61. The normalized spacial score (nSPS) is 19.7. The molecule has 4 heteroatoms. The van der Waals surface area contributed by atoms with Crippen molar-refractivity contribution in [1.82, 2.24) is 9.80 Å². The Labute approximate surface area is 134 Å². The maximum Gasteiger partial charge on any atom is 0.123 e. The van der Waals surface area contributed by atoms with Crippen molar-refractivity contribution in [3.05, 3.63) is 35.6 Å². The zero-order valence-electron chi connectivity index (χ0n) is 13.9. The van der Waals surface area contributed by atoms with Gasteiger partial charge in [0.25, 0.3) is 0 Å². The average Bonchev–Trinajstić information content (AvgIpc) is 2.55. The van der Waals surface area contributed by atoms with Gasteiger partial charge in [-0.15, -0.1) is 0 Å². The molecule has 0 saturated carbocycles. The largest absolute Gasteiger partial charge is 0.383 e. The number of hydrogen-bond donors (Lipinski definition) is 0. The molecule has 0 aromatic heterocycles. The van der Waals surface area contributed by atoms with Crippen LogP contribution in [0.5, 0.6) is 0 Å². The van der Waals surface area contributed by atoms with Gasteiger partial charge in [-0.2, -0.15) is 0 Å². The van der Waals surface area contributed by atoms with Gasteiger partial charge in [0.05, 0.1) is 6.61 Å². The van der Waals surface area contributed by atoms with Gasteiger partial charge in [-0.25, -0.2) is 4.39 Å².